The van der Waals surface area contributed by atoms with Gasteiger partial charge < -0.3 is 14.5 Å². The molecule has 1 aromatic carbocycles. The number of thiophene rings is 1. The Morgan fingerprint density at radius 2 is 2.04 bits per heavy atom. The Morgan fingerprint density at radius 3 is 2.72 bits per heavy atom. The van der Waals surface area contributed by atoms with E-state index in [0.29, 0.717) is 23.1 Å². The van der Waals surface area contributed by atoms with Crippen LogP contribution in [0.25, 0.3) is 10.8 Å². The highest BCUT2D eigenvalue weighted by Crippen LogP contribution is 2.34. The third-order valence-corrected chi connectivity index (χ3v) is 4.70. The van der Waals surface area contributed by atoms with Gasteiger partial charge in [-0.1, -0.05) is 26.0 Å². The summed E-state index contributed by atoms with van der Waals surface area (Å²) in [6.07, 6.45) is 0. The molecule has 2 heterocycles. The number of hydrogen-bond donors (Lipinski definition) is 1. The second kappa shape index (κ2) is 7.06. The molecule has 1 N–H and O–H groups in total. The Balaban J connectivity index is 1.84. The molecule has 0 aliphatic rings. The minimum absolute atomic E-state index is 0.173. The Morgan fingerprint density at radius 1 is 1.28 bits per heavy atom. The van der Waals surface area contributed by atoms with E-state index in [0.717, 1.165) is 15.4 Å². The van der Waals surface area contributed by atoms with E-state index in [1.807, 2.05) is 32.9 Å². The minimum Gasteiger partial charge on any atom is -0.496 e. The van der Waals surface area contributed by atoms with Gasteiger partial charge in [0, 0.05) is 10.8 Å². The average molecular weight is 357 g/mol. The molecular formula is C18H19N3O3S. The molecule has 0 aliphatic carbocycles. The summed E-state index contributed by atoms with van der Waals surface area (Å²) in [5.74, 6) is 1.55. The number of anilines is 1. The van der Waals surface area contributed by atoms with Crippen LogP contribution in [0.1, 0.15) is 40.9 Å². The van der Waals surface area contributed by atoms with Gasteiger partial charge in [0.25, 0.3) is 11.8 Å². The monoisotopic (exact) mass is 357 g/mol. The maximum atomic E-state index is 12.5. The number of nitrogens with one attached hydrogen (secondary N) is 1. The summed E-state index contributed by atoms with van der Waals surface area (Å²) in [6.45, 7) is 5.93. The molecule has 0 saturated heterocycles. The van der Waals surface area contributed by atoms with Gasteiger partial charge in [-0.15, -0.1) is 21.5 Å². The number of ether oxygens (including phenoxy) is 1. The summed E-state index contributed by atoms with van der Waals surface area (Å²) >= 11 is 1.50. The molecule has 0 radical (unpaired) electrons. The zero-order chi connectivity index (χ0) is 18.0. The van der Waals surface area contributed by atoms with Gasteiger partial charge >= 0.3 is 0 Å². The van der Waals surface area contributed by atoms with Gasteiger partial charge in [0.1, 0.15) is 5.75 Å². The van der Waals surface area contributed by atoms with Crippen LogP contribution in [0.5, 0.6) is 5.75 Å². The predicted octanol–water partition coefficient (Wildman–Crippen LogP) is 4.49. The molecular weight excluding hydrogens is 338 g/mol. The number of rotatable bonds is 5. The number of carbonyl (C=O) groups is 1. The molecule has 7 heteroatoms. The van der Waals surface area contributed by atoms with E-state index in [1.165, 1.54) is 11.3 Å². The van der Waals surface area contributed by atoms with Crippen LogP contribution in [-0.2, 0) is 0 Å². The minimum atomic E-state index is -0.224. The lowest BCUT2D eigenvalue weighted by Crippen LogP contribution is -2.13. The summed E-state index contributed by atoms with van der Waals surface area (Å²) in [6, 6.07) is 8.96. The lowest BCUT2D eigenvalue weighted by molar-refractivity contribution is 0.102. The standard InChI is InChI=1S/C18H19N3O3S/c1-10(2)17-20-21-18(24-17)15-9-13(11(3)25-15)19-16(22)12-7-5-6-8-14(12)23-4/h5-10H,1-4H3,(H,19,22). The van der Waals surface area contributed by atoms with E-state index < -0.39 is 0 Å². The number of aromatic nitrogens is 2. The number of carbonyl (C=O) groups excluding carboxylic acids is 1. The van der Waals surface area contributed by atoms with Crippen molar-refractivity contribution in [2.75, 3.05) is 12.4 Å². The lowest BCUT2D eigenvalue weighted by atomic mass is 10.2. The Bertz CT molecular complexity index is 899. The molecule has 25 heavy (non-hydrogen) atoms. The van der Waals surface area contributed by atoms with Gasteiger partial charge in [-0.05, 0) is 25.1 Å². The van der Waals surface area contributed by atoms with Gasteiger partial charge in [0.2, 0.25) is 5.89 Å². The quantitative estimate of drug-likeness (QED) is 0.728. The Kier molecular flexibility index (Phi) is 4.85. The van der Waals surface area contributed by atoms with E-state index in [1.54, 1.807) is 25.3 Å². The molecule has 0 unspecified atom stereocenters. The number of benzene rings is 1. The number of para-hydroxylation sites is 1. The first-order chi connectivity index (χ1) is 12.0. The Hall–Kier alpha value is -2.67. The van der Waals surface area contributed by atoms with Crippen LogP contribution in [0.3, 0.4) is 0 Å². The molecule has 0 aliphatic heterocycles. The highest BCUT2D eigenvalue weighted by atomic mass is 32.1. The molecule has 3 rings (SSSR count). The molecule has 0 spiro atoms. The van der Waals surface area contributed by atoms with Crippen molar-refractivity contribution in [3.05, 3.63) is 46.7 Å². The largest absolute Gasteiger partial charge is 0.496 e. The highest BCUT2D eigenvalue weighted by molar-refractivity contribution is 7.15. The fourth-order valence-electron chi connectivity index (χ4n) is 2.30. The maximum absolute atomic E-state index is 12.5. The first-order valence-electron chi connectivity index (χ1n) is 7.88. The molecule has 2 aromatic heterocycles. The van der Waals surface area contributed by atoms with Crippen molar-refractivity contribution < 1.29 is 13.9 Å². The van der Waals surface area contributed by atoms with Crippen LogP contribution in [0.15, 0.2) is 34.7 Å². The second-order valence-corrected chi connectivity index (χ2v) is 7.09. The third-order valence-electron chi connectivity index (χ3n) is 3.66. The maximum Gasteiger partial charge on any atom is 0.259 e. The summed E-state index contributed by atoms with van der Waals surface area (Å²) in [7, 11) is 1.54. The zero-order valence-corrected chi connectivity index (χ0v) is 15.3. The normalized spacial score (nSPS) is 10.9. The summed E-state index contributed by atoms with van der Waals surface area (Å²) in [4.78, 5) is 14.3. The molecule has 0 atom stereocenters. The van der Waals surface area contributed by atoms with E-state index in [-0.39, 0.29) is 11.8 Å². The van der Waals surface area contributed by atoms with Crippen LogP contribution in [0, 0.1) is 6.92 Å². The van der Waals surface area contributed by atoms with E-state index in [4.69, 9.17) is 9.15 Å². The number of hydrogen-bond acceptors (Lipinski definition) is 6. The molecule has 3 aromatic rings. The third kappa shape index (κ3) is 3.56. The van der Waals surface area contributed by atoms with Crippen LogP contribution in [-0.4, -0.2) is 23.2 Å². The molecule has 130 valence electrons. The number of amides is 1. The van der Waals surface area contributed by atoms with Crippen LogP contribution in [0.4, 0.5) is 5.69 Å². The van der Waals surface area contributed by atoms with Gasteiger partial charge in [-0.3, -0.25) is 4.79 Å². The molecule has 6 nitrogen and oxygen atoms in total. The molecule has 1 amide bonds. The first-order valence-corrected chi connectivity index (χ1v) is 8.69. The SMILES string of the molecule is COc1ccccc1C(=O)Nc1cc(-c2nnc(C(C)C)o2)sc1C. The fourth-order valence-corrected chi connectivity index (χ4v) is 3.20. The number of nitrogens with zero attached hydrogens (tertiary/aromatic N) is 2. The summed E-state index contributed by atoms with van der Waals surface area (Å²) in [5, 5.41) is 11.1. The predicted molar refractivity (Wildman–Crippen MR) is 97.4 cm³/mol. The average Bonchev–Trinajstić information content (AvgIpc) is 3.22. The number of aryl methyl sites for hydroxylation is 1. The smallest absolute Gasteiger partial charge is 0.259 e. The van der Waals surface area contributed by atoms with E-state index >= 15 is 0 Å². The van der Waals surface area contributed by atoms with E-state index in [2.05, 4.69) is 15.5 Å². The highest BCUT2D eigenvalue weighted by Gasteiger charge is 2.18. The van der Waals surface area contributed by atoms with Gasteiger partial charge in [0.05, 0.1) is 23.2 Å². The van der Waals surface area contributed by atoms with Crippen LogP contribution in [0.2, 0.25) is 0 Å². The van der Waals surface area contributed by atoms with Crippen molar-refractivity contribution in [1.82, 2.24) is 10.2 Å². The van der Waals surface area contributed by atoms with Gasteiger partial charge in [-0.25, -0.2) is 0 Å². The lowest BCUT2D eigenvalue weighted by Gasteiger charge is -2.08. The molecule has 0 fully saturated rings. The van der Waals surface area contributed by atoms with Crippen LogP contribution < -0.4 is 10.1 Å². The van der Waals surface area contributed by atoms with Crippen LogP contribution >= 0.6 is 11.3 Å². The number of methoxy groups -OCH3 is 1. The first kappa shape index (κ1) is 17.2. The summed E-state index contributed by atoms with van der Waals surface area (Å²) in [5.41, 5.74) is 1.21. The summed E-state index contributed by atoms with van der Waals surface area (Å²) < 4.78 is 10.9. The topological polar surface area (TPSA) is 77.2 Å². The van der Waals surface area contributed by atoms with Crippen molar-refractivity contribution in [2.24, 2.45) is 0 Å². The fraction of sp³-hybridized carbons (Fsp3) is 0.278. The molecule has 0 saturated carbocycles. The van der Waals surface area contributed by atoms with Crippen molar-refractivity contribution in [3.8, 4) is 16.5 Å². The molecule has 0 bridgehead atoms. The van der Waals surface area contributed by atoms with Crippen molar-refractivity contribution in [1.29, 1.82) is 0 Å². The van der Waals surface area contributed by atoms with E-state index in [9.17, 15) is 4.79 Å². The zero-order valence-electron chi connectivity index (χ0n) is 14.5. The van der Waals surface area contributed by atoms with Gasteiger partial charge in [0.15, 0.2) is 0 Å². The second-order valence-electron chi connectivity index (χ2n) is 5.84. The van der Waals surface area contributed by atoms with Gasteiger partial charge in [-0.2, -0.15) is 0 Å². The van der Waals surface area contributed by atoms with Crippen molar-refractivity contribution in [3.63, 3.8) is 0 Å². The van der Waals surface area contributed by atoms with Crippen molar-refractivity contribution in [2.45, 2.75) is 26.7 Å². The van der Waals surface area contributed by atoms with Crippen molar-refractivity contribution >= 4 is 22.9 Å². The Labute approximate surface area is 149 Å².